The van der Waals surface area contributed by atoms with Crippen molar-refractivity contribution in [2.75, 3.05) is 20.8 Å². The van der Waals surface area contributed by atoms with Crippen molar-refractivity contribution in [2.45, 2.75) is 23.2 Å². The highest BCUT2D eigenvalue weighted by atomic mass is 79.9. The Labute approximate surface area is 130 Å². The normalized spacial score (nSPS) is 28.2. The number of carbonyl (C=O) groups excluding carboxylic acids is 1. The van der Waals surface area contributed by atoms with Gasteiger partial charge in [-0.25, -0.2) is 0 Å². The van der Waals surface area contributed by atoms with Gasteiger partial charge in [0.1, 0.15) is 5.76 Å². The summed E-state index contributed by atoms with van der Waals surface area (Å²) < 4.78 is 15.0. The Morgan fingerprint density at radius 2 is 2.11 bits per heavy atom. The minimum atomic E-state index is -0.827. The lowest BCUT2D eigenvalue weighted by Crippen LogP contribution is -2.42. The van der Waals surface area contributed by atoms with Crippen LogP contribution in [0.2, 0.25) is 0 Å². The smallest absolute Gasteiger partial charge is 0.312 e. The fourth-order valence-electron chi connectivity index (χ4n) is 1.89. The largest absolute Gasteiger partial charge is 0.497 e. The molecule has 0 spiro atoms. The molecule has 0 saturated heterocycles. The summed E-state index contributed by atoms with van der Waals surface area (Å²) >= 11 is 7.10. The van der Waals surface area contributed by atoms with Gasteiger partial charge in [-0.1, -0.05) is 22.0 Å². The lowest BCUT2D eigenvalue weighted by atomic mass is 9.91. The van der Waals surface area contributed by atoms with Crippen LogP contribution in [0.25, 0.3) is 0 Å². The van der Waals surface area contributed by atoms with E-state index in [1.807, 2.05) is 13.0 Å². The van der Waals surface area contributed by atoms with Gasteiger partial charge in [-0.15, -0.1) is 0 Å². The fourth-order valence-corrected chi connectivity index (χ4v) is 3.41. The van der Waals surface area contributed by atoms with Crippen molar-refractivity contribution in [3.63, 3.8) is 0 Å². The second kappa shape index (κ2) is 6.90. The van der Waals surface area contributed by atoms with E-state index in [2.05, 4.69) is 31.9 Å². The Kier molecular flexibility index (Phi) is 6.08. The molecule has 6 heteroatoms. The van der Waals surface area contributed by atoms with Crippen LogP contribution in [0, 0.1) is 5.92 Å². The van der Waals surface area contributed by atoms with Crippen LogP contribution in [0.4, 0.5) is 0 Å². The molecule has 0 N–H and O–H groups in total. The average Bonchev–Trinajstić information content (AvgIpc) is 2.41. The number of esters is 1. The van der Waals surface area contributed by atoms with E-state index in [1.165, 1.54) is 0 Å². The molecule has 3 atom stereocenters. The summed E-state index contributed by atoms with van der Waals surface area (Å²) in [6, 6.07) is 0. The molecule has 0 bridgehead atoms. The van der Waals surface area contributed by atoms with Crippen molar-refractivity contribution in [1.82, 2.24) is 0 Å². The summed E-state index contributed by atoms with van der Waals surface area (Å²) in [6.07, 6.45) is 3.65. The van der Waals surface area contributed by atoms with E-state index in [0.717, 1.165) is 5.57 Å². The zero-order chi connectivity index (χ0) is 14.6. The van der Waals surface area contributed by atoms with Gasteiger partial charge in [0.2, 0.25) is 0 Å². The van der Waals surface area contributed by atoms with E-state index in [9.17, 15) is 4.79 Å². The van der Waals surface area contributed by atoms with Crippen molar-refractivity contribution in [3.05, 3.63) is 23.5 Å². The van der Waals surface area contributed by atoms with Gasteiger partial charge in [0.25, 0.3) is 0 Å². The van der Waals surface area contributed by atoms with Crippen LogP contribution in [0.1, 0.15) is 13.8 Å². The molecular weight excluding hydrogens is 380 g/mol. The zero-order valence-corrected chi connectivity index (χ0v) is 14.6. The first-order valence-electron chi connectivity index (χ1n) is 5.93. The predicted molar refractivity (Wildman–Crippen MR) is 80.4 cm³/mol. The number of halogens is 2. The Bertz CT molecular complexity index is 405. The summed E-state index contributed by atoms with van der Waals surface area (Å²) in [5.41, 5.74) is 0.873. The molecule has 0 aromatic carbocycles. The first-order chi connectivity index (χ1) is 8.92. The molecule has 1 aliphatic carbocycles. The second-order valence-corrected chi connectivity index (χ2v) is 6.18. The van der Waals surface area contributed by atoms with E-state index in [0.29, 0.717) is 12.4 Å². The maximum absolute atomic E-state index is 11.8. The number of alkyl halides is 2. The van der Waals surface area contributed by atoms with Crippen molar-refractivity contribution < 1.29 is 19.0 Å². The molecule has 0 radical (unpaired) electrons. The molecule has 1 rings (SSSR count). The summed E-state index contributed by atoms with van der Waals surface area (Å²) in [5.74, 6) is 0.0289. The van der Waals surface area contributed by atoms with Crippen LogP contribution >= 0.6 is 31.9 Å². The van der Waals surface area contributed by atoms with Crippen molar-refractivity contribution in [1.29, 1.82) is 0 Å². The van der Waals surface area contributed by atoms with Gasteiger partial charge in [0, 0.05) is 7.11 Å². The number of carbonyl (C=O) groups is 1. The van der Waals surface area contributed by atoms with Crippen LogP contribution in [0.5, 0.6) is 0 Å². The van der Waals surface area contributed by atoms with Gasteiger partial charge >= 0.3 is 5.97 Å². The van der Waals surface area contributed by atoms with Crippen molar-refractivity contribution in [3.8, 4) is 0 Å². The van der Waals surface area contributed by atoms with Crippen LogP contribution in [-0.2, 0) is 19.0 Å². The van der Waals surface area contributed by atoms with E-state index < -0.39 is 4.51 Å². The number of methoxy groups -OCH3 is 2. The predicted octanol–water partition coefficient (Wildman–Crippen LogP) is 3.16. The highest BCUT2D eigenvalue weighted by Crippen LogP contribution is 2.44. The van der Waals surface area contributed by atoms with Crippen LogP contribution in [0.3, 0.4) is 0 Å². The first kappa shape index (κ1) is 16.7. The van der Waals surface area contributed by atoms with Crippen molar-refractivity contribution >= 4 is 37.8 Å². The van der Waals surface area contributed by atoms with Gasteiger partial charge < -0.3 is 14.2 Å². The third-order valence-electron chi connectivity index (χ3n) is 3.04. The lowest BCUT2D eigenvalue weighted by molar-refractivity contribution is -0.146. The van der Waals surface area contributed by atoms with Gasteiger partial charge in [-0.2, -0.15) is 0 Å². The Morgan fingerprint density at radius 1 is 1.47 bits per heavy atom. The molecule has 0 heterocycles. The van der Waals surface area contributed by atoms with Gasteiger partial charge in [-0.3, -0.25) is 4.79 Å². The highest BCUT2D eigenvalue weighted by molar-refractivity contribution is 9.12. The molecule has 0 aromatic rings. The minimum absolute atomic E-state index is 0.232. The molecule has 0 aliphatic heterocycles. The maximum Gasteiger partial charge on any atom is 0.312 e. The number of hydrogen-bond acceptors (Lipinski definition) is 4. The van der Waals surface area contributed by atoms with Crippen LogP contribution < -0.4 is 0 Å². The van der Waals surface area contributed by atoms with Gasteiger partial charge in [-0.05, 0) is 41.4 Å². The maximum atomic E-state index is 11.8. The first-order valence-corrected chi connectivity index (χ1v) is 7.64. The fraction of sp³-hybridized carbons (Fsp3) is 0.615. The van der Waals surface area contributed by atoms with Crippen molar-refractivity contribution in [2.24, 2.45) is 5.92 Å². The van der Waals surface area contributed by atoms with Crippen LogP contribution in [0.15, 0.2) is 23.5 Å². The SMILES string of the molecule is CCOC(=O)C(C)C1=CC=C(OC)C(Br)(OC)C1Br. The number of rotatable bonds is 5. The Morgan fingerprint density at radius 3 is 2.58 bits per heavy atom. The second-order valence-electron chi connectivity index (χ2n) is 4.09. The quantitative estimate of drug-likeness (QED) is 0.528. The standard InChI is InChI=1S/C13H18Br2O4/c1-5-19-12(16)8(2)9-6-7-10(17-3)13(15,18-4)11(9)14/h6-8,11H,5H2,1-4H3. The monoisotopic (exact) mass is 396 g/mol. The Balaban J connectivity index is 3.06. The summed E-state index contributed by atoms with van der Waals surface area (Å²) in [4.78, 5) is 11.6. The topological polar surface area (TPSA) is 44.8 Å². The van der Waals surface area contributed by atoms with E-state index in [1.54, 1.807) is 27.2 Å². The molecule has 0 fully saturated rings. The molecule has 19 heavy (non-hydrogen) atoms. The molecular formula is C13H18Br2O4. The third-order valence-corrected chi connectivity index (χ3v) is 6.00. The van der Waals surface area contributed by atoms with E-state index in [4.69, 9.17) is 14.2 Å². The average molecular weight is 398 g/mol. The molecule has 1 aliphatic rings. The van der Waals surface area contributed by atoms with Gasteiger partial charge in [0.15, 0.2) is 4.51 Å². The summed E-state index contributed by atoms with van der Waals surface area (Å²) in [6.45, 7) is 3.97. The highest BCUT2D eigenvalue weighted by Gasteiger charge is 2.46. The lowest BCUT2D eigenvalue weighted by Gasteiger charge is -2.37. The van der Waals surface area contributed by atoms with Crippen LogP contribution in [-0.4, -0.2) is 36.1 Å². The molecule has 4 nitrogen and oxygen atoms in total. The molecule has 0 saturated carbocycles. The zero-order valence-electron chi connectivity index (χ0n) is 11.4. The number of allylic oxidation sites excluding steroid dienone is 2. The summed E-state index contributed by atoms with van der Waals surface area (Å²) in [7, 11) is 3.15. The minimum Gasteiger partial charge on any atom is -0.497 e. The number of hydrogen-bond donors (Lipinski definition) is 0. The van der Waals surface area contributed by atoms with Gasteiger partial charge in [0.05, 0.1) is 24.5 Å². The third kappa shape index (κ3) is 3.23. The number of ether oxygens (including phenoxy) is 3. The molecule has 108 valence electrons. The molecule has 0 aromatic heterocycles. The molecule has 0 amide bonds. The molecule has 3 unspecified atom stereocenters. The van der Waals surface area contributed by atoms with E-state index in [-0.39, 0.29) is 16.7 Å². The Hall–Kier alpha value is -0.330. The van der Waals surface area contributed by atoms with E-state index >= 15 is 0 Å². The summed E-state index contributed by atoms with van der Waals surface area (Å²) in [5, 5.41) is 0.